The summed E-state index contributed by atoms with van der Waals surface area (Å²) in [6.45, 7) is 0. The van der Waals surface area contributed by atoms with Crippen molar-refractivity contribution in [1.82, 2.24) is 0 Å². The molecule has 0 fully saturated rings. The largest absolute Gasteiger partial charge is 1.00 e. The van der Waals surface area contributed by atoms with Gasteiger partial charge in [0.25, 0.3) is 0 Å². The van der Waals surface area contributed by atoms with Crippen LogP contribution in [-0.2, 0) is 0 Å². The predicted molar refractivity (Wildman–Crippen MR) is 148 cm³/mol. The highest BCUT2D eigenvalue weighted by Crippen LogP contribution is 2.56. The molecule has 0 spiro atoms. The Labute approximate surface area is 212 Å². The zero-order valence-corrected chi connectivity index (χ0v) is 23.0. The summed E-state index contributed by atoms with van der Waals surface area (Å²) in [5, 5.41) is 4.22. The summed E-state index contributed by atoms with van der Waals surface area (Å²) >= 11 is 6.27. The average molecular weight is 504 g/mol. The minimum Gasteiger partial charge on any atom is -1.00 e. The third-order valence-corrected chi connectivity index (χ3v) is 10.8. The number of halogens is 2. The van der Waals surface area contributed by atoms with Crippen LogP contribution in [0.4, 0.5) is 17.1 Å². The molecule has 0 radical (unpaired) electrons. The minimum absolute atomic E-state index is 0. The van der Waals surface area contributed by atoms with Gasteiger partial charge in [-0.1, -0.05) is 0 Å². The summed E-state index contributed by atoms with van der Waals surface area (Å²) in [6, 6.07) is 27.4. The molecule has 0 atom stereocenters. The standard InChI is InChI=1S/C27H36ClN3P.ClH/c1-29(2)22-8-14-25(15-9-22)32(21-7-20-28,26-16-10-23(11-17-26)30(3)4)27-18-12-24(13-19-27)31(5)6;/h8-19H,7,20-21H2,1-6H3;1H/q+1;/p-1. The van der Waals surface area contributed by atoms with Crippen LogP contribution in [0.25, 0.3) is 0 Å². The first-order valence-electron chi connectivity index (χ1n) is 11.1. The van der Waals surface area contributed by atoms with Crippen LogP contribution in [0, 0.1) is 0 Å². The summed E-state index contributed by atoms with van der Waals surface area (Å²) in [4.78, 5) is 6.46. The molecule has 0 aromatic heterocycles. The number of hydrogen-bond acceptors (Lipinski definition) is 3. The maximum Gasteiger partial charge on any atom is 0.112 e. The highest BCUT2D eigenvalue weighted by Gasteiger charge is 2.44. The number of benzene rings is 3. The molecule has 0 bridgehead atoms. The molecule has 3 nitrogen and oxygen atoms in total. The molecule has 0 aliphatic rings. The molecular weight excluding hydrogens is 468 g/mol. The quantitative estimate of drug-likeness (QED) is 0.325. The lowest BCUT2D eigenvalue weighted by Gasteiger charge is -2.29. The zero-order valence-electron chi connectivity index (χ0n) is 20.6. The fourth-order valence-electron chi connectivity index (χ4n) is 4.15. The van der Waals surface area contributed by atoms with E-state index in [2.05, 4.69) is 130 Å². The number of rotatable bonds is 9. The number of anilines is 3. The van der Waals surface area contributed by atoms with E-state index in [9.17, 15) is 0 Å². The lowest BCUT2D eigenvalue weighted by molar-refractivity contribution is -0.00000650. The first-order chi connectivity index (χ1) is 15.3. The van der Waals surface area contributed by atoms with E-state index >= 15 is 0 Å². The van der Waals surface area contributed by atoms with Crippen molar-refractivity contribution in [3.63, 3.8) is 0 Å². The zero-order chi connectivity index (χ0) is 23.3. The number of hydrogen-bond donors (Lipinski definition) is 0. The molecule has 3 aromatic rings. The molecule has 0 amide bonds. The Morgan fingerprint density at radius 3 is 1.03 bits per heavy atom. The summed E-state index contributed by atoms with van der Waals surface area (Å²) in [5.74, 6) is 0.670. The molecule has 0 aliphatic heterocycles. The highest BCUT2D eigenvalue weighted by molar-refractivity contribution is 7.95. The Balaban J connectivity index is 0.00000385. The topological polar surface area (TPSA) is 9.72 Å². The Morgan fingerprint density at radius 2 is 0.818 bits per heavy atom. The molecular formula is C27H36Cl2N3P. The van der Waals surface area contributed by atoms with Gasteiger partial charge in [0.05, 0.1) is 6.16 Å². The van der Waals surface area contributed by atoms with E-state index in [-0.39, 0.29) is 12.4 Å². The van der Waals surface area contributed by atoms with Crippen LogP contribution >= 0.6 is 18.9 Å². The third-order valence-electron chi connectivity index (χ3n) is 6.05. The van der Waals surface area contributed by atoms with Gasteiger partial charge in [-0.05, 0) is 79.2 Å². The molecule has 0 aliphatic carbocycles. The highest BCUT2D eigenvalue weighted by atomic mass is 35.5. The Kier molecular flexibility index (Phi) is 9.91. The van der Waals surface area contributed by atoms with Crippen molar-refractivity contribution < 1.29 is 12.4 Å². The van der Waals surface area contributed by atoms with Crippen LogP contribution in [0.2, 0.25) is 0 Å². The summed E-state index contributed by atoms with van der Waals surface area (Å²) in [6.07, 6.45) is 2.04. The van der Waals surface area contributed by atoms with Gasteiger partial charge in [0.15, 0.2) is 0 Å². The van der Waals surface area contributed by atoms with Crippen molar-refractivity contribution in [2.75, 3.05) is 69.0 Å². The second-order valence-corrected chi connectivity index (χ2v) is 12.8. The van der Waals surface area contributed by atoms with E-state index in [1.807, 2.05) is 0 Å². The first kappa shape index (κ1) is 27.3. The molecule has 3 aromatic carbocycles. The molecule has 0 heterocycles. The molecule has 6 heteroatoms. The van der Waals surface area contributed by atoms with E-state index in [1.165, 1.54) is 33.0 Å². The molecule has 0 unspecified atom stereocenters. The van der Waals surface area contributed by atoms with Crippen molar-refractivity contribution in [3.8, 4) is 0 Å². The molecule has 0 saturated carbocycles. The Bertz CT molecular complexity index is 860. The van der Waals surface area contributed by atoms with Crippen molar-refractivity contribution >= 4 is 51.8 Å². The van der Waals surface area contributed by atoms with Gasteiger partial charge >= 0.3 is 0 Å². The molecule has 3 rings (SSSR count). The summed E-state index contributed by atoms with van der Waals surface area (Å²) < 4.78 is 0. The fraction of sp³-hybridized carbons (Fsp3) is 0.333. The lowest BCUT2D eigenvalue weighted by Crippen LogP contribution is -3.00. The normalized spacial score (nSPS) is 11.0. The second-order valence-electron chi connectivity index (χ2n) is 8.81. The maximum atomic E-state index is 6.27. The maximum absolute atomic E-state index is 6.27. The first-order valence-corrected chi connectivity index (χ1v) is 13.6. The predicted octanol–water partition coefficient (Wildman–Crippen LogP) is 1.81. The van der Waals surface area contributed by atoms with E-state index in [4.69, 9.17) is 11.6 Å². The molecule has 33 heavy (non-hydrogen) atoms. The van der Waals surface area contributed by atoms with Crippen molar-refractivity contribution in [2.45, 2.75) is 6.42 Å². The Hall–Kier alpha value is -1.93. The van der Waals surface area contributed by atoms with Gasteiger partial charge in [0.1, 0.15) is 23.2 Å². The van der Waals surface area contributed by atoms with Crippen LogP contribution in [0.3, 0.4) is 0 Å². The van der Waals surface area contributed by atoms with Gasteiger partial charge in [0, 0.05) is 65.2 Å². The monoisotopic (exact) mass is 503 g/mol. The van der Waals surface area contributed by atoms with E-state index in [1.54, 1.807) is 0 Å². The average Bonchev–Trinajstić information content (AvgIpc) is 2.80. The van der Waals surface area contributed by atoms with Crippen molar-refractivity contribution in [2.24, 2.45) is 0 Å². The Morgan fingerprint density at radius 1 is 0.545 bits per heavy atom. The van der Waals surface area contributed by atoms with Crippen molar-refractivity contribution in [3.05, 3.63) is 72.8 Å². The molecule has 178 valence electrons. The summed E-state index contributed by atoms with van der Waals surface area (Å²) in [7, 11) is 10.7. The van der Waals surface area contributed by atoms with Crippen LogP contribution in [-0.4, -0.2) is 54.3 Å². The number of alkyl halides is 1. The van der Waals surface area contributed by atoms with Crippen LogP contribution < -0.4 is 43.0 Å². The van der Waals surface area contributed by atoms with Crippen molar-refractivity contribution in [1.29, 1.82) is 0 Å². The fourth-order valence-corrected chi connectivity index (χ4v) is 8.74. The van der Waals surface area contributed by atoms with Crippen LogP contribution in [0.1, 0.15) is 6.42 Å². The van der Waals surface area contributed by atoms with Gasteiger partial charge in [-0.25, -0.2) is 0 Å². The van der Waals surface area contributed by atoms with Gasteiger partial charge in [-0.3, -0.25) is 0 Å². The summed E-state index contributed by atoms with van der Waals surface area (Å²) in [5.41, 5.74) is 3.65. The van der Waals surface area contributed by atoms with Gasteiger partial charge in [-0.15, -0.1) is 11.6 Å². The SMILES string of the molecule is CN(C)c1ccc([P+](CCCCl)(c2ccc(N(C)C)cc2)c2ccc(N(C)C)cc2)cc1.[Cl-]. The van der Waals surface area contributed by atoms with E-state index in [0.29, 0.717) is 5.88 Å². The third kappa shape index (κ3) is 5.96. The smallest absolute Gasteiger partial charge is 0.112 e. The minimum atomic E-state index is -1.86. The second kappa shape index (κ2) is 12.0. The lowest BCUT2D eigenvalue weighted by atomic mass is 10.3. The number of nitrogens with zero attached hydrogens (tertiary/aromatic N) is 3. The van der Waals surface area contributed by atoms with E-state index in [0.717, 1.165) is 12.6 Å². The van der Waals surface area contributed by atoms with Gasteiger partial charge < -0.3 is 27.1 Å². The van der Waals surface area contributed by atoms with Crippen LogP contribution in [0.15, 0.2) is 72.8 Å². The van der Waals surface area contributed by atoms with Gasteiger partial charge in [-0.2, -0.15) is 0 Å². The molecule has 0 N–H and O–H groups in total. The molecule has 0 saturated heterocycles. The van der Waals surface area contributed by atoms with Crippen LogP contribution in [0.5, 0.6) is 0 Å². The van der Waals surface area contributed by atoms with E-state index < -0.39 is 7.26 Å². The van der Waals surface area contributed by atoms with Gasteiger partial charge in [0.2, 0.25) is 0 Å².